The van der Waals surface area contributed by atoms with E-state index < -0.39 is 39.7 Å². The number of rotatable bonds is 6. The van der Waals surface area contributed by atoms with Gasteiger partial charge in [0.2, 0.25) is 15.9 Å². The van der Waals surface area contributed by atoms with Crippen LogP contribution in [0.3, 0.4) is 0 Å². The summed E-state index contributed by atoms with van der Waals surface area (Å²) in [5.74, 6) is -2.61. The number of fused-ring (bicyclic) bond motifs is 1. The molecular formula is C25H28FN3O8S. The maximum Gasteiger partial charge on any atom is 0.333 e. The van der Waals surface area contributed by atoms with Gasteiger partial charge in [0.1, 0.15) is 10.6 Å². The third kappa shape index (κ3) is 5.03. The molecule has 2 aromatic rings. The van der Waals surface area contributed by atoms with E-state index in [1.807, 2.05) is 0 Å². The first-order valence-electron chi connectivity index (χ1n) is 11.8. The molecule has 1 N–H and O–H groups in total. The number of nitrogens with one attached hydrogen (secondary N) is 1. The molecule has 0 aliphatic carbocycles. The number of hydrogen-bond donors (Lipinski definition) is 1. The first-order chi connectivity index (χ1) is 18.1. The van der Waals surface area contributed by atoms with Gasteiger partial charge in [-0.05, 0) is 54.3 Å². The first kappa shape index (κ1) is 27.3. The summed E-state index contributed by atoms with van der Waals surface area (Å²) >= 11 is 0. The molecule has 2 aromatic carbocycles. The summed E-state index contributed by atoms with van der Waals surface area (Å²) < 4.78 is 58.0. The third-order valence-electron chi connectivity index (χ3n) is 6.58. The Morgan fingerprint density at radius 3 is 2.45 bits per heavy atom. The third-order valence-corrected chi connectivity index (χ3v) is 8.45. The van der Waals surface area contributed by atoms with Crippen LogP contribution in [0.15, 0.2) is 35.2 Å². The smallest absolute Gasteiger partial charge is 0.333 e. The molecule has 2 aliphatic rings. The van der Waals surface area contributed by atoms with Crippen molar-refractivity contribution in [3.05, 3.63) is 52.8 Å². The molecule has 1 fully saturated rings. The molecule has 0 bridgehead atoms. The summed E-state index contributed by atoms with van der Waals surface area (Å²) in [5.41, 5.74) is 0.816. The fourth-order valence-corrected chi connectivity index (χ4v) is 6.27. The Balaban J connectivity index is 1.80. The second-order valence-corrected chi connectivity index (χ2v) is 10.7. The lowest BCUT2D eigenvalue weighted by Gasteiger charge is -2.36. The average Bonchev–Trinajstić information content (AvgIpc) is 3.15. The van der Waals surface area contributed by atoms with Crippen molar-refractivity contribution in [1.29, 1.82) is 0 Å². The molecule has 1 saturated heterocycles. The van der Waals surface area contributed by atoms with Crippen molar-refractivity contribution in [2.75, 3.05) is 47.5 Å². The summed E-state index contributed by atoms with van der Waals surface area (Å²) in [6.45, 7) is 0.173. The molecule has 0 spiro atoms. The van der Waals surface area contributed by atoms with Crippen LogP contribution in [-0.4, -0.2) is 82.9 Å². The lowest BCUT2D eigenvalue weighted by Crippen LogP contribution is -2.44. The summed E-state index contributed by atoms with van der Waals surface area (Å²) in [4.78, 5) is 39.5. The summed E-state index contributed by atoms with van der Waals surface area (Å²) in [7, 11) is -0.447. The van der Waals surface area contributed by atoms with Crippen LogP contribution in [0.4, 0.5) is 4.39 Å². The lowest BCUT2D eigenvalue weighted by atomic mass is 9.91. The van der Waals surface area contributed by atoms with Gasteiger partial charge in [-0.25, -0.2) is 17.6 Å². The number of ether oxygens (including phenoxy) is 3. The zero-order valence-electron chi connectivity index (χ0n) is 21.2. The molecule has 1 unspecified atom stereocenters. The Bertz CT molecular complexity index is 1380. The van der Waals surface area contributed by atoms with Crippen LogP contribution >= 0.6 is 0 Å². The quantitative estimate of drug-likeness (QED) is 0.533. The van der Waals surface area contributed by atoms with Crippen molar-refractivity contribution in [3.8, 4) is 11.5 Å². The van der Waals surface area contributed by atoms with Crippen LogP contribution in [0.2, 0.25) is 0 Å². The predicted molar refractivity (Wildman–Crippen MR) is 132 cm³/mol. The van der Waals surface area contributed by atoms with Gasteiger partial charge in [-0.3, -0.25) is 9.59 Å². The van der Waals surface area contributed by atoms with E-state index in [0.717, 1.165) is 17.5 Å². The second-order valence-electron chi connectivity index (χ2n) is 8.77. The van der Waals surface area contributed by atoms with E-state index in [0.29, 0.717) is 18.5 Å². The van der Waals surface area contributed by atoms with Crippen LogP contribution in [0.25, 0.3) is 0 Å². The van der Waals surface area contributed by atoms with Crippen molar-refractivity contribution < 1.29 is 41.4 Å². The maximum atomic E-state index is 14.3. The molecule has 2 amide bonds. The minimum atomic E-state index is -4.23. The van der Waals surface area contributed by atoms with E-state index in [1.165, 1.54) is 43.4 Å². The van der Waals surface area contributed by atoms with Gasteiger partial charge in [0.15, 0.2) is 17.6 Å². The van der Waals surface area contributed by atoms with Gasteiger partial charge in [-0.15, -0.1) is 0 Å². The number of halogens is 1. The van der Waals surface area contributed by atoms with Crippen LogP contribution in [0, 0.1) is 5.82 Å². The monoisotopic (exact) mass is 549 g/mol. The number of benzene rings is 2. The Hall–Kier alpha value is -3.71. The van der Waals surface area contributed by atoms with E-state index in [4.69, 9.17) is 14.2 Å². The molecule has 2 heterocycles. The molecule has 1 atom stereocenters. The summed E-state index contributed by atoms with van der Waals surface area (Å²) in [5, 5.41) is 2.63. The molecule has 2 aliphatic heterocycles. The highest BCUT2D eigenvalue weighted by molar-refractivity contribution is 7.89. The Morgan fingerprint density at radius 1 is 1.05 bits per heavy atom. The molecule has 204 valence electrons. The van der Waals surface area contributed by atoms with Crippen molar-refractivity contribution in [2.24, 2.45) is 0 Å². The fraction of sp³-hybridized carbons (Fsp3) is 0.400. The highest BCUT2D eigenvalue weighted by Crippen LogP contribution is 2.39. The number of carbonyl (C=O) groups excluding carboxylic acids is 3. The number of sulfonamides is 1. The standard InChI is InChI=1S/C25H28FN3O8S/c1-35-19-6-5-16(11-18(19)26)24(31)29-10-7-15-12-20(36-2)21(13-17(15)23(29)25(32)37-3)38(33,34)28-9-4-8-27-22(30)14-28/h5-6,11-13,23H,4,7-10,14H2,1-3H3,(H,27,30). The van der Waals surface area contributed by atoms with Gasteiger partial charge >= 0.3 is 5.97 Å². The fourth-order valence-electron chi connectivity index (χ4n) is 4.66. The van der Waals surface area contributed by atoms with Gasteiger partial charge in [-0.2, -0.15) is 4.31 Å². The molecule has 0 aromatic heterocycles. The highest BCUT2D eigenvalue weighted by Gasteiger charge is 2.40. The second kappa shape index (κ2) is 11.0. The van der Waals surface area contributed by atoms with Gasteiger partial charge in [0, 0.05) is 25.2 Å². The minimum absolute atomic E-state index is 0.0161. The van der Waals surface area contributed by atoms with E-state index >= 15 is 0 Å². The predicted octanol–water partition coefficient (Wildman–Crippen LogP) is 1.27. The molecule has 0 saturated carbocycles. The SMILES string of the molecule is COC(=O)C1c2cc(S(=O)(=O)N3CCCNC(=O)C3)c(OC)cc2CCN1C(=O)c1ccc(OC)c(F)c1. The van der Waals surface area contributed by atoms with Crippen molar-refractivity contribution in [1.82, 2.24) is 14.5 Å². The number of carbonyl (C=O) groups is 3. The molecule has 0 radical (unpaired) electrons. The normalized spacial score (nSPS) is 18.2. The van der Waals surface area contributed by atoms with Crippen molar-refractivity contribution in [3.63, 3.8) is 0 Å². The van der Waals surface area contributed by atoms with Gasteiger partial charge in [0.25, 0.3) is 5.91 Å². The minimum Gasteiger partial charge on any atom is -0.495 e. The number of nitrogens with zero attached hydrogens (tertiary/aromatic N) is 2. The van der Waals surface area contributed by atoms with Gasteiger partial charge < -0.3 is 24.4 Å². The largest absolute Gasteiger partial charge is 0.495 e. The Kier molecular flexibility index (Phi) is 7.88. The lowest BCUT2D eigenvalue weighted by molar-refractivity contribution is -0.146. The molecule has 38 heavy (non-hydrogen) atoms. The Morgan fingerprint density at radius 2 is 1.79 bits per heavy atom. The maximum absolute atomic E-state index is 14.3. The van der Waals surface area contributed by atoms with Gasteiger partial charge in [0.05, 0.1) is 27.9 Å². The van der Waals surface area contributed by atoms with Crippen LogP contribution < -0.4 is 14.8 Å². The summed E-state index contributed by atoms with van der Waals surface area (Å²) in [6, 6.07) is 5.21. The molecule has 13 heteroatoms. The zero-order valence-corrected chi connectivity index (χ0v) is 22.0. The van der Waals surface area contributed by atoms with E-state index in [-0.39, 0.29) is 53.6 Å². The summed E-state index contributed by atoms with van der Waals surface area (Å²) in [6.07, 6.45) is 0.694. The number of esters is 1. The van der Waals surface area contributed by atoms with Gasteiger partial charge in [-0.1, -0.05) is 0 Å². The molecule has 4 rings (SSSR count). The van der Waals surface area contributed by atoms with Crippen molar-refractivity contribution in [2.45, 2.75) is 23.8 Å². The van der Waals surface area contributed by atoms with Crippen LogP contribution in [0.1, 0.15) is 33.9 Å². The zero-order chi connectivity index (χ0) is 27.6. The Labute approximate surface area is 219 Å². The van der Waals surface area contributed by atoms with Crippen LogP contribution in [0.5, 0.6) is 11.5 Å². The van der Waals surface area contributed by atoms with Crippen molar-refractivity contribution >= 4 is 27.8 Å². The van der Waals surface area contributed by atoms with Crippen LogP contribution in [-0.2, 0) is 30.8 Å². The van der Waals surface area contributed by atoms with E-state index in [9.17, 15) is 27.2 Å². The molecular weight excluding hydrogens is 521 g/mol. The number of methoxy groups -OCH3 is 3. The molecule has 11 nitrogen and oxygen atoms in total. The average molecular weight is 550 g/mol. The first-order valence-corrected chi connectivity index (χ1v) is 13.3. The van der Waals surface area contributed by atoms with E-state index in [2.05, 4.69) is 5.32 Å². The van der Waals surface area contributed by atoms with E-state index in [1.54, 1.807) is 0 Å². The number of hydrogen-bond acceptors (Lipinski definition) is 8. The highest BCUT2D eigenvalue weighted by atomic mass is 32.2. The number of amides is 2. The topological polar surface area (TPSA) is 132 Å².